The van der Waals surface area contributed by atoms with Crippen molar-refractivity contribution in [1.82, 2.24) is 36.4 Å². The van der Waals surface area contributed by atoms with Gasteiger partial charge in [-0.05, 0) is 50.6 Å². The van der Waals surface area contributed by atoms with Gasteiger partial charge in [-0.2, -0.15) is 9.97 Å². The minimum atomic E-state index is -0.804. The Morgan fingerprint density at radius 1 is 0.735 bits per heavy atom. The van der Waals surface area contributed by atoms with E-state index in [4.69, 9.17) is 14.3 Å². The van der Waals surface area contributed by atoms with Crippen LogP contribution in [0.25, 0.3) is 0 Å². The summed E-state index contributed by atoms with van der Waals surface area (Å²) in [6, 6.07) is 0. The zero-order valence-corrected chi connectivity index (χ0v) is 30.1. The molecule has 278 valence electrons. The van der Waals surface area contributed by atoms with Crippen molar-refractivity contribution >= 4 is 11.9 Å². The highest BCUT2D eigenvalue weighted by atomic mass is 16.5. The Hall–Kier alpha value is -2.90. The van der Waals surface area contributed by atoms with Gasteiger partial charge in [-0.15, -0.1) is 0 Å². The molecule has 2 aromatic heterocycles. The van der Waals surface area contributed by atoms with Gasteiger partial charge in [-0.1, -0.05) is 114 Å². The zero-order valence-electron chi connectivity index (χ0n) is 30.1. The lowest BCUT2D eigenvalue weighted by Gasteiger charge is -2.22. The van der Waals surface area contributed by atoms with Crippen LogP contribution in [0.1, 0.15) is 178 Å². The molecule has 0 spiro atoms. The Balaban J connectivity index is 0.000000266. The predicted molar refractivity (Wildman–Crippen MR) is 186 cm³/mol. The van der Waals surface area contributed by atoms with E-state index in [1.807, 2.05) is 0 Å². The highest BCUT2D eigenvalue weighted by Gasteiger charge is 2.24. The van der Waals surface area contributed by atoms with E-state index in [-0.39, 0.29) is 24.7 Å². The lowest BCUT2D eigenvalue weighted by Crippen LogP contribution is -2.21. The number of aliphatic carboxylic acids is 1. The summed E-state index contributed by atoms with van der Waals surface area (Å²) in [5, 5.41) is 32.4. The first-order valence-electron chi connectivity index (χ1n) is 19.1. The highest BCUT2D eigenvalue weighted by molar-refractivity contribution is 5.75. The molecule has 2 heterocycles. The molecule has 13 heteroatoms. The number of carboxylic acid groups (broad SMARTS) is 1. The molecule has 1 amide bonds. The van der Waals surface area contributed by atoms with Crippen molar-refractivity contribution in [3.8, 4) is 0 Å². The summed E-state index contributed by atoms with van der Waals surface area (Å²) < 4.78 is 10.7. The summed E-state index contributed by atoms with van der Waals surface area (Å²) in [4.78, 5) is 31.6. The maximum atomic E-state index is 11.6. The van der Waals surface area contributed by atoms with E-state index in [9.17, 15) is 14.7 Å². The van der Waals surface area contributed by atoms with Gasteiger partial charge in [0.05, 0.1) is 19.5 Å². The number of hydrogen-bond acceptors (Lipinski definition) is 11. The van der Waals surface area contributed by atoms with Crippen molar-refractivity contribution in [3.63, 3.8) is 0 Å². The Labute approximate surface area is 292 Å². The Morgan fingerprint density at radius 3 is 1.59 bits per heavy atom. The van der Waals surface area contributed by atoms with Crippen LogP contribution in [0.4, 0.5) is 0 Å². The largest absolute Gasteiger partial charge is 0.481 e. The standard InChI is InChI=1S/C18H32N4O3.C18H31N3O3/c1-2-11-19-13-16-20-18(25-22-16)15(12-17(23)21-24)10-6-9-14-7-4-3-5-8-14;1-2-11-19-13-16-20-18(24-21-16)15(12-17(22)23)10-6-9-14-7-4-3-5-8-14/h14-15,19,24H,2-13H2,1H3,(H,21,23);14-15,19H,2-13H2,1H3,(H,22,23)/t2*15-/m11/s1. The molecule has 49 heavy (non-hydrogen) atoms. The van der Waals surface area contributed by atoms with Gasteiger partial charge in [0.2, 0.25) is 17.7 Å². The minimum absolute atomic E-state index is 0.0642. The summed E-state index contributed by atoms with van der Waals surface area (Å²) >= 11 is 0. The number of hydrogen-bond donors (Lipinski definition) is 5. The van der Waals surface area contributed by atoms with E-state index < -0.39 is 11.9 Å². The van der Waals surface area contributed by atoms with Gasteiger partial charge in [0.15, 0.2) is 11.6 Å². The van der Waals surface area contributed by atoms with Gasteiger partial charge >= 0.3 is 5.97 Å². The lowest BCUT2D eigenvalue weighted by atomic mass is 9.84. The number of amides is 1. The third-order valence-corrected chi connectivity index (χ3v) is 9.84. The van der Waals surface area contributed by atoms with Crippen molar-refractivity contribution in [1.29, 1.82) is 0 Å². The molecule has 2 saturated carbocycles. The average molecular weight is 690 g/mol. The monoisotopic (exact) mass is 689 g/mol. The normalized spacial score (nSPS) is 16.9. The van der Waals surface area contributed by atoms with Crippen molar-refractivity contribution in [2.45, 2.75) is 167 Å². The van der Waals surface area contributed by atoms with Crippen LogP contribution in [-0.2, 0) is 22.7 Å². The van der Waals surface area contributed by atoms with Crippen molar-refractivity contribution in [2.24, 2.45) is 11.8 Å². The second-order valence-corrected chi connectivity index (χ2v) is 14.1. The fraction of sp³-hybridized carbons (Fsp3) is 0.833. The van der Waals surface area contributed by atoms with Crippen LogP contribution in [0, 0.1) is 11.8 Å². The average Bonchev–Trinajstić information content (AvgIpc) is 3.79. The van der Waals surface area contributed by atoms with Gasteiger partial charge in [-0.25, -0.2) is 5.48 Å². The number of carbonyl (C=O) groups excluding carboxylic acids is 1. The molecule has 2 fully saturated rings. The van der Waals surface area contributed by atoms with E-state index in [0.29, 0.717) is 36.5 Å². The first-order valence-corrected chi connectivity index (χ1v) is 19.1. The maximum absolute atomic E-state index is 11.6. The third kappa shape index (κ3) is 16.6. The molecule has 0 radical (unpaired) electrons. The quantitative estimate of drug-likeness (QED) is 0.0477. The van der Waals surface area contributed by atoms with E-state index >= 15 is 0 Å². The van der Waals surface area contributed by atoms with Crippen LogP contribution >= 0.6 is 0 Å². The van der Waals surface area contributed by atoms with Crippen molar-refractivity contribution in [2.75, 3.05) is 13.1 Å². The number of carbonyl (C=O) groups is 2. The number of carboxylic acids is 1. The number of rotatable bonds is 22. The molecule has 0 aliphatic heterocycles. The smallest absolute Gasteiger partial charge is 0.304 e. The van der Waals surface area contributed by atoms with Crippen LogP contribution < -0.4 is 16.1 Å². The summed E-state index contributed by atoms with van der Waals surface area (Å²) in [5.41, 5.74) is 1.71. The molecule has 13 nitrogen and oxygen atoms in total. The molecule has 4 rings (SSSR count). The molecule has 2 atom stereocenters. The number of aromatic nitrogens is 4. The topological polar surface area (TPSA) is 189 Å². The molecule has 0 unspecified atom stereocenters. The first kappa shape index (κ1) is 40.5. The van der Waals surface area contributed by atoms with Crippen LogP contribution in [-0.4, -0.2) is 55.6 Å². The summed E-state index contributed by atoms with van der Waals surface area (Å²) in [6.45, 7) is 7.15. The van der Waals surface area contributed by atoms with Crippen LogP contribution in [0.5, 0.6) is 0 Å². The Bertz CT molecular complexity index is 1160. The predicted octanol–water partition coefficient (Wildman–Crippen LogP) is 7.18. The molecular formula is C36H63N7O6. The number of nitrogens with one attached hydrogen (secondary N) is 3. The lowest BCUT2D eigenvalue weighted by molar-refractivity contribution is -0.137. The van der Waals surface area contributed by atoms with Crippen LogP contribution in [0.3, 0.4) is 0 Å². The zero-order chi connectivity index (χ0) is 35.1. The molecule has 0 saturated heterocycles. The van der Waals surface area contributed by atoms with Gasteiger partial charge in [0.1, 0.15) is 0 Å². The summed E-state index contributed by atoms with van der Waals surface area (Å²) in [5.74, 6) is 2.33. The van der Waals surface area contributed by atoms with E-state index in [1.54, 1.807) is 5.48 Å². The molecule has 2 aliphatic carbocycles. The fourth-order valence-electron chi connectivity index (χ4n) is 7.13. The molecule has 2 aliphatic rings. The first-order chi connectivity index (χ1) is 23.9. The fourth-order valence-corrected chi connectivity index (χ4v) is 7.13. The Kier molecular flexibility index (Phi) is 20.1. The van der Waals surface area contributed by atoms with Gasteiger partial charge in [0, 0.05) is 18.3 Å². The minimum Gasteiger partial charge on any atom is -0.481 e. The van der Waals surface area contributed by atoms with Crippen molar-refractivity contribution < 1.29 is 28.9 Å². The second-order valence-electron chi connectivity index (χ2n) is 14.1. The number of hydroxylamine groups is 1. The highest BCUT2D eigenvalue weighted by Crippen LogP contribution is 2.32. The molecule has 0 aromatic carbocycles. The molecule has 0 bridgehead atoms. The Morgan fingerprint density at radius 2 is 1.18 bits per heavy atom. The van der Waals surface area contributed by atoms with Crippen LogP contribution in [0.2, 0.25) is 0 Å². The molecule has 2 aromatic rings. The maximum Gasteiger partial charge on any atom is 0.304 e. The van der Waals surface area contributed by atoms with Gasteiger partial charge in [0.25, 0.3) is 0 Å². The third-order valence-electron chi connectivity index (χ3n) is 9.84. The number of nitrogens with zero attached hydrogens (tertiary/aromatic N) is 4. The molecule has 5 N–H and O–H groups in total. The molecular weight excluding hydrogens is 626 g/mol. The van der Waals surface area contributed by atoms with E-state index in [2.05, 4.69) is 44.8 Å². The SMILES string of the molecule is CCCNCc1noc([C@H](CCCC2CCCCC2)CC(=O)NO)n1.CCCNCc1noc([C@H](CCCC2CCCCC2)CC(=O)O)n1. The summed E-state index contributed by atoms with van der Waals surface area (Å²) in [6.07, 6.45) is 21.9. The van der Waals surface area contributed by atoms with Gasteiger partial charge < -0.3 is 24.8 Å². The van der Waals surface area contributed by atoms with E-state index in [1.165, 1.54) is 77.0 Å². The van der Waals surface area contributed by atoms with E-state index in [0.717, 1.165) is 63.5 Å². The van der Waals surface area contributed by atoms with Gasteiger partial charge in [-0.3, -0.25) is 14.8 Å². The van der Waals surface area contributed by atoms with Crippen molar-refractivity contribution in [3.05, 3.63) is 23.4 Å². The summed E-state index contributed by atoms with van der Waals surface area (Å²) in [7, 11) is 0. The van der Waals surface area contributed by atoms with Crippen LogP contribution in [0.15, 0.2) is 9.05 Å². The second kappa shape index (κ2) is 24.3.